The topological polar surface area (TPSA) is 93.9 Å². The molecule has 0 radical (unpaired) electrons. The average Bonchev–Trinajstić information content (AvgIpc) is 3.19. The molecule has 0 aliphatic rings. The molecule has 1 N–H and O–H groups in total. The minimum absolute atomic E-state index is 0.160. The second-order valence-corrected chi connectivity index (χ2v) is 6.21. The van der Waals surface area contributed by atoms with Gasteiger partial charge < -0.3 is 24.1 Å². The highest BCUT2D eigenvalue weighted by atomic mass is 16.5. The van der Waals surface area contributed by atoms with Crippen molar-refractivity contribution >= 4 is 11.8 Å². The van der Waals surface area contributed by atoms with Gasteiger partial charge >= 0.3 is 0 Å². The highest BCUT2D eigenvalue weighted by Crippen LogP contribution is 2.24. The van der Waals surface area contributed by atoms with Gasteiger partial charge in [0.05, 0.1) is 20.8 Å². The Morgan fingerprint density at radius 3 is 2.36 bits per heavy atom. The first-order valence-electron chi connectivity index (χ1n) is 9.27. The summed E-state index contributed by atoms with van der Waals surface area (Å²) in [6.45, 7) is 5.19. The minimum atomic E-state index is -0.289. The van der Waals surface area contributed by atoms with Crippen LogP contribution in [0.4, 0.5) is 0 Å². The lowest BCUT2D eigenvalue weighted by Crippen LogP contribution is -2.31. The monoisotopic (exact) mass is 389 g/mol. The average molecular weight is 389 g/mol. The number of nitrogens with zero attached hydrogens (tertiary/aromatic N) is 2. The quantitative estimate of drug-likeness (QED) is 0.671. The van der Waals surface area contributed by atoms with E-state index in [1.807, 2.05) is 13.8 Å². The highest BCUT2D eigenvalue weighted by Gasteiger charge is 2.20. The first-order valence-corrected chi connectivity index (χ1v) is 9.27. The summed E-state index contributed by atoms with van der Waals surface area (Å²) >= 11 is 0. The van der Waals surface area contributed by atoms with Crippen LogP contribution in [0.25, 0.3) is 0 Å². The third kappa shape index (κ3) is 5.48. The Kier molecular flexibility index (Phi) is 7.86. The molecular weight excluding hydrogens is 362 g/mol. The van der Waals surface area contributed by atoms with E-state index >= 15 is 0 Å². The van der Waals surface area contributed by atoms with E-state index in [0.29, 0.717) is 36.0 Å². The lowest BCUT2D eigenvalue weighted by Gasteiger charge is -2.21. The van der Waals surface area contributed by atoms with Gasteiger partial charge in [0.2, 0.25) is 5.89 Å². The Labute approximate surface area is 164 Å². The molecule has 2 amide bonds. The number of rotatable bonds is 10. The predicted molar refractivity (Wildman–Crippen MR) is 104 cm³/mol. The molecule has 0 aliphatic heterocycles. The van der Waals surface area contributed by atoms with Crippen LogP contribution in [-0.2, 0) is 6.54 Å². The SMILES string of the molecule is CCCNC(=O)c1coc(CN(CCC)C(=O)c2cc(OC)cc(OC)c2)n1. The fraction of sp³-hybridized carbons (Fsp3) is 0.450. The Morgan fingerprint density at radius 2 is 1.79 bits per heavy atom. The molecule has 1 aromatic carbocycles. The maximum atomic E-state index is 13.0. The molecule has 2 aromatic rings. The molecule has 0 atom stereocenters. The summed E-state index contributed by atoms with van der Waals surface area (Å²) in [5.41, 5.74) is 0.646. The van der Waals surface area contributed by atoms with E-state index in [1.54, 1.807) is 23.1 Å². The first kappa shape index (κ1) is 21.3. The number of oxazole rings is 1. The van der Waals surface area contributed by atoms with Gasteiger partial charge in [-0.3, -0.25) is 9.59 Å². The van der Waals surface area contributed by atoms with Gasteiger partial charge in [-0.2, -0.15) is 0 Å². The molecule has 28 heavy (non-hydrogen) atoms. The summed E-state index contributed by atoms with van der Waals surface area (Å²) in [6, 6.07) is 5.02. The second kappa shape index (κ2) is 10.3. The normalized spacial score (nSPS) is 10.4. The summed E-state index contributed by atoms with van der Waals surface area (Å²) < 4.78 is 15.9. The van der Waals surface area contributed by atoms with Crippen LogP contribution in [0, 0.1) is 0 Å². The van der Waals surface area contributed by atoms with E-state index in [1.165, 1.54) is 20.5 Å². The van der Waals surface area contributed by atoms with Crippen LogP contribution >= 0.6 is 0 Å². The van der Waals surface area contributed by atoms with Crippen LogP contribution in [0.5, 0.6) is 11.5 Å². The number of aromatic nitrogens is 1. The minimum Gasteiger partial charge on any atom is -0.497 e. The van der Waals surface area contributed by atoms with Crippen LogP contribution in [0.1, 0.15) is 53.4 Å². The van der Waals surface area contributed by atoms with Crippen LogP contribution in [0.2, 0.25) is 0 Å². The number of nitrogens with one attached hydrogen (secondary N) is 1. The van der Waals surface area contributed by atoms with Crippen molar-refractivity contribution in [1.29, 1.82) is 0 Å². The zero-order valence-electron chi connectivity index (χ0n) is 16.8. The third-order valence-corrected chi connectivity index (χ3v) is 4.03. The summed E-state index contributed by atoms with van der Waals surface area (Å²) in [4.78, 5) is 30.8. The molecule has 152 valence electrons. The lowest BCUT2D eigenvalue weighted by atomic mass is 10.1. The number of ether oxygens (including phenoxy) is 2. The van der Waals surface area contributed by atoms with Crippen LogP contribution in [0.3, 0.4) is 0 Å². The van der Waals surface area contributed by atoms with Crippen LogP contribution < -0.4 is 14.8 Å². The zero-order chi connectivity index (χ0) is 20.5. The number of methoxy groups -OCH3 is 2. The molecule has 8 heteroatoms. The molecule has 2 rings (SSSR count). The van der Waals surface area contributed by atoms with Gasteiger partial charge in [-0.25, -0.2) is 4.98 Å². The molecule has 0 bridgehead atoms. The molecule has 1 heterocycles. The third-order valence-electron chi connectivity index (χ3n) is 4.03. The van der Waals surface area contributed by atoms with E-state index in [0.717, 1.165) is 12.8 Å². The van der Waals surface area contributed by atoms with Gasteiger partial charge in [0.1, 0.15) is 17.8 Å². The van der Waals surface area contributed by atoms with Gasteiger partial charge in [0.25, 0.3) is 11.8 Å². The van der Waals surface area contributed by atoms with Gasteiger partial charge in [-0.05, 0) is 25.0 Å². The van der Waals surface area contributed by atoms with E-state index in [2.05, 4.69) is 10.3 Å². The van der Waals surface area contributed by atoms with Gasteiger partial charge in [-0.15, -0.1) is 0 Å². The molecule has 8 nitrogen and oxygen atoms in total. The molecule has 0 spiro atoms. The Bertz CT molecular complexity index is 781. The fourth-order valence-corrected chi connectivity index (χ4v) is 2.62. The number of carbonyl (C=O) groups excluding carboxylic acids is 2. The van der Waals surface area contributed by atoms with Crippen molar-refractivity contribution in [3.05, 3.63) is 41.6 Å². The summed E-state index contributed by atoms with van der Waals surface area (Å²) in [5, 5.41) is 2.74. The Hall–Kier alpha value is -3.03. The van der Waals surface area contributed by atoms with Crippen LogP contribution in [-0.4, -0.2) is 49.0 Å². The van der Waals surface area contributed by atoms with Crippen molar-refractivity contribution < 1.29 is 23.5 Å². The van der Waals surface area contributed by atoms with Crippen molar-refractivity contribution in [1.82, 2.24) is 15.2 Å². The summed E-state index contributed by atoms with van der Waals surface area (Å²) in [5.74, 6) is 0.880. The molecule has 0 fully saturated rings. The Balaban J connectivity index is 2.18. The zero-order valence-corrected chi connectivity index (χ0v) is 16.8. The van der Waals surface area contributed by atoms with Crippen molar-refractivity contribution in [3.8, 4) is 11.5 Å². The second-order valence-electron chi connectivity index (χ2n) is 6.21. The molecule has 0 aliphatic carbocycles. The maximum absolute atomic E-state index is 13.0. The standard InChI is InChI=1S/C20H27N3O5/c1-5-7-21-19(24)17-13-28-18(22-17)12-23(8-6-2)20(25)14-9-15(26-3)11-16(10-14)27-4/h9-11,13H,5-8,12H2,1-4H3,(H,21,24). The van der Waals surface area contributed by atoms with E-state index in [4.69, 9.17) is 13.9 Å². The number of carbonyl (C=O) groups is 2. The van der Waals surface area contributed by atoms with E-state index < -0.39 is 0 Å². The summed E-state index contributed by atoms with van der Waals surface area (Å²) in [6.07, 6.45) is 2.90. The highest BCUT2D eigenvalue weighted by molar-refractivity contribution is 5.95. The van der Waals surface area contributed by atoms with Crippen molar-refractivity contribution in [3.63, 3.8) is 0 Å². The number of hydrogen-bond acceptors (Lipinski definition) is 6. The molecule has 1 aromatic heterocycles. The van der Waals surface area contributed by atoms with E-state index in [-0.39, 0.29) is 24.1 Å². The summed E-state index contributed by atoms with van der Waals surface area (Å²) in [7, 11) is 3.06. The van der Waals surface area contributed by atoms with Crippen molar-refractivity contribution in [2.75, 3.05) is 27.3 Å². The van der Waals surface area contributed by atoms with Gasteiger partial charge in [-0.1, -0.05) is 13.8 Å². The molecule has 0 unspecified atom stereocenters. The lowest BCUT2D eigenvalue weighted by molar-refractivity contribution is 0.0727. The molecular formula is C20H27N3O5. The van der Waals surface area contributed by atoms with Gasteiger partial charge in [0.15, 0.2) is 5.69 Å². The molecule has 0 saturated carbocycles. The predicted octanol–water partition coefficient (Wildman–Crippen LogP) is 2.88. The number of benzene rings is 1. The largest absolute Gasteiger partial charge is 0.497 e. The fourth-order valence-electron chi connectivity index (χ4n) is 2.62. The van der Waals surface area contributed by atoms with Crippen molar-refractivity contribution in [2.24, 2.45) is 0 Å². The number of hydrogen-bond donors (Lipinski definition) is 1. The Morgan fingerprint density at radius 1 is 1.11 bits per heavy atom. The van der Waals surface area contributed by atoms with E-state index in [9.17, 15) is 9.59 Å². The first-order chi connectivity index (χ1) is 13.5. The number of amides is 2. The van der Waals surface area contributed by atoms with Crippen molar-refractivity contribution in [2.45, 2.75) is 33.2 Å². The van der Waals surface area contributed by atoms with Gasteiger partial charge in [0, 0.05) is 24.7 Å². The smallest absolute Gasteiger partial charge is 0.273 e. The maximum Gasteiger partial charge on any atom is 0.273 e. The molecule has 0 saturated heterocycles. The van der Waals surface area contributed by atoms with Crippen LogP contribution in [0.15, 0.2) is 28.9 Å².